The van der Waals surface area contributed by atoms with Gasteiger partial charge in [0.1, 0.15) is 0 Å². The van der Waals surface area contributed by atoms with E-state index >= 15 is 0 Å². The van der Waals surface area contributed by atoms with Gasteiger partial charge >= 0.3 is 0 Å². The maximum atomic E-state index is 12.5. The third-order valence-electron chi connectivity index (χ3n) is 2.87. The zero-order valence-corrected chi connectivity index (χ0v) is 14.7. The number of hydrogen-bond acceptors (Lipinski definition) is 1. The van der Waals surface area contributed by atoms with Gasteiger partial charge in [-0.2, -0.15) is 0 Å². The van der Waals surface area contributed by atoms with Gasteiger partial charge < -0.3 is 4.90 Å². The maximum absolute atomic E-state index is 12.5. The number of nitrogens with zero attached hydrogens (tertiary/aromatic N) is 1. The second-order valence-corrected chi connectivity index (χ2v) is 6.55. The van der Waals surface area contributed by atoms with Gasteiger partial charge in [-0.05, 0) is 45.8 Å². The molecule has 0 bridgehead atoms. The SMILES string of the molecule is CN(Cc1ccccc1Cl)C(=O)c1cc(Br)ccc1Br. The van der Waals surface area contributed by atoms with E-state index in [1.54, 1.807) is 18.0 Å². The van der Waals surface area contributed by atoms with Crippen LogP contribution in [-0.2, 0) is 6.54 Å². The Bertz CT molecular complexity index is 646. The van der Waals surface area contributed by atoms with E-state index < -0.39 is 0 Å². The lowest BCUT2D eigenvalue weighted by molar-refractivity contribution is 0.0784. The second-order valence-electron chi connectivity index (χ2n) is 4.38. The molecule has 5 heteroatoms. The molecule has 0 aliphatic carbocycles. The second kappa shape index (κ2) is 6.74. The molecule has 2 nitrogen and oxygen atoms in total. The summed E-state index contributed by atoms with van der Waals surface area (Å²) in [5, 5.41) is 0.667. The van der Waals surface area contributed by atoms with E-state index in [0.717, 1.165) is 14.5 Å². The Morgan fingerprint density at radius 2 is 1.90 bits per heavy atom. The van der Waals surface area contributed by atoms with Gasteiger partial charge in [0.15, 0.2) is 0 Å². The lowest BCUT2D eigenvalue weighted by Crippen LogP contribution is -2.26. The summed E-state index contributed by atoms with van der Waals surface area (Å²) in [6.07, 6.45) is 0. The Labute approximate surface area is 140 Å². The van der Waals surface area contributed by atoms with Crippen LogP contribution in [0.2, 0.25) is 5.02 Å². The molecule has 0 N–H and O–H groups in total. The zero-order valence-electron chi connectivity index (χ0n) is 10.7. The molecule has 0 spiro atoms. The van der Waals surface area contributed by atoms with Gasteiger partial charge in [0, 0.05) is 27.6 Å². The van der Waals surface area contributed by atoms with Gasteiger partial charge in [-0.15, -0.1) is 0 Å². The molecule has 2 rings (SSSR count). The Kier molecular flexibility index (Phi) is 5.24. The van der Waals surface area contributed by atoms with Gasteiger partial charge in [0.25, 0.3) is 5.91 Å². The molecule has 2 aromatic rings. The van der Waals surface area contributed by atoms with Crippen LogP contribution in [0.1, 0.15) is 15.9 Å². The van der Waals surface area contributed by atoms with E-state index in [9.17, 15) is 4.79 Å². The van der Waals surface area contributed by atoms with Crippen LogP contribution in [0, 0.1) is 0 Å². The summed E-state index contributed by atoms with van der Waals surface area (Å²) in [5.41, 5.74) is 1.55. The van der Waals surface area contributed by atoms with Crippen molar-refractivity contribution in [3.05, 3.63) is 67.6 Å². The number of amides is 1. The Balaban J connectivity index is 2.21. The Hall–Kier alpha value is -0.840. The van der Waals surface area contributed by atoms with Crippen molar-refractivity contribution >= 4 is 49.4 Å². The molecule has 0 atom stereocenters. The molecule has 0 saturated heterocycles. The number of hydrogen-bond donors (Lipinski definition) is 0. The molecular formula is C15H12Br2ClNO. The fourth-order valence-corrected chi connectivity index (χ4v) is 2.79. The number of rotatable bonds is 3. The quantitative estimate of drug-likeness (QED) is 0.677. The third-order valence-corrected chi connectivity index (χ3v) is 4.42. The number of carbonyl (C=O) groups excluding carboxylic acids is 1. The van der Waals surface area contributed by atoms with Gasteiger partial charge in [-0.25, -0.2) is 0 Å². The molecule has 2 aromatic carbocycles. The highest BCUT2D eigenvalue weighted by Crippen LogP contribution is 2.24. The Morgan fingerprint density at radius 3 is 2.60 bits per heavy atom. The van der Waals surface area contributed by atoms with E-state index in [0.29, 0.717) is 17.1 Å². The highest BCUT2D eigenvalue weighted by Gasteiger charge is 2.16. The van der Waals surface area contributed by atoms with Crippen molar-refractivity contribution in [2.45, 2.75) is 6.54 Å². The zero-order chi connectivity index (χ0) is 14.7. The van der Waals surface area contributed by atoms with Gasteiger partial charge in [-0.3, -0.25) is 4.79 Å². The van der Waals surface area contributed by atoms with E-state index in [1.165, 1.54) is 0 Å². The molecule has 0 unspecified atom stereocenters. The fourth-order valence-electron chi connectivity index (χ4n) is 1.82. The van der Waals surface area contributed by atoms with Crippen molar-refractivity contribution in [2.24, 2.45) is 0 Å². The standard InChI is InChI=1S/C15H12Br2ClNO/c1-19(9-10-4-2-3-5-14(10)18)15(20)12-8-11(16)6-7-13(12)17/h2-8H,9H2,1H3. The van der Waals surface area contributed by atoms with E-state index in [-0.39, 0.29) is 5.91 Å². The predicted molar refractivity (Wildman–Crippen MR) is 89.1 cm³/mol. The van der Waals surface area contributed by atoms with Gasteiger partial charge in [-0.1, -0.05) is 45.7 Å². The summed E-state index contributed by atoms with van der Waals surface area (Å²) < 4.78 is 1.65. The summed E-state index contributed by atoms with van der Waals surface area (Å²) in [6.45, 7) is 0.470. The largest absolute Gasteiger partial charge is 0.337 e. The Morgan fingerprint density at radius 1 is 1.20 bits per heavy atom. The molecule has 1 amide bonds. The summed E-state index contributed by atoms with van der Waals surface area (Å²) in [4.78, 5) is 14.1. The first kappa shape index (κ1) is 15.5. The molecule has 0 heterocycles. The van der Waals surface area contributed by atoms with E-state index in [1.807, 2.05) is 36.4 Å². The molecule has 0 fully saturated rings. The monoisotopic (exact) mass is 415 g/mol. The van der Waals surface area contributed by atoms with Crippen LogP contribution in [-0.4, -0.2) is 17.9 Å². The highest BCUT2D eigenvalue weighted by molar-refractivity contribution is 9.11. The smallest absolute Gasteiger partial charge is 0.255 e. The first-order chi connectivity index (χ1) is 9.49. The van der Waals surface area contributed by atoms with Crippen LogP contribution in [0.5, 0.6) is 0 Å². The van der Waals surface area contributed by atoms with Crippen molar-refractivity contribution in [2.75, 3.05) is 7.05 Å². The van der Waals surface area contributed by atoms with Gasteiger partial charge in [0.2, 0.25) is 0 Å². The first-order valence-corrected chi connectivity index (χ1v) is 7.89. The van der Waals surface area contributed by atoms with Crippen LogP contribution in [0.4, 0.5) is 0 Å². The van der Waals surface area contributed by atoms with E-state index in [2.05, 4.69) is 31.9 Å². The minimum atomic E-state index is -0.0573. The molecule has 0 saturated carbocycles. The number of halogens is 3. The summed E-state index contributed by atoms with van der Waals surface area (Å²) in [6, 6.07) is 13.1. The lowest BCUT2D eigenvalue weighted by atomic mass is 10.1. The topological polar surface area (TPSA) is 20.3 Å². The number of benzene rings is 2. The van der Waals surface area contributed by atoms with Crippen molar-refractivity contribution < 1.29 is 4.79 Å². The van der Waals surface area contributed by atoms with Crippen LogP contribution in [0.15, 0.2) is 51.4 Å². The molecule has 0 radical (unpaired) electrons. The summed E-state index contributed by atoms with van der Waals surface area (Å²) in [7, 11) is 1.76. The first-order valence-electron chi connectivity index (χ1n) is 5.93. The highest BCUT2D eigenvalue weighted by atomic mass is 79.9. The maximum Gasteiger partial charge on any atom is 0.255 e. The molecular weight excluding hydrogens is 405 g/mol. The average molecular weight is 418 g/mol. The van der Waals surface area contributed by atoms with Crippen molar-refractivity contribution in [3.63, 3.8) is 0 Å². The normalized spacial score (nSPS) is 10.4. The van der Waals surface area contributed by atoms with Crippen molar-refractivity contribution in [1.82, 2.24) is 4.90 Å². The van der Waals surface area contributed by atoms with Crippen molar-refractivity contribution in [3.8, 4) is 0 Å². The predicted octanol–water partition coefficient (Wildman–Crippen LogP) is 5.14. The lowest BCUT2D eigenvalue weighted by Gasteiger charge is -2.19. The molecule has 0 aromatic heterocycles. The third kappa shape index (κ3) is 3.62. The van der Waals surface area contributed by atoms with E-state index in [4.69, 9.17) is 11.6 Å². The number of carbonyl (C=O) groups is 1. The minimum Gasteiger partial charge on any atom is -0.337 e. The van der Waals surface area contributed by atoms with Crippen LogP contribution >= 0.6 is 43.5 Å². The summed E-state index contributed by atoms with van der Waals surface area (Å²) in [5.74, 6) is -0.0573. The van der Waals surface area contributed by atoms with Crippen LogP contribution in [0.3, 0.4) is 0 Å². The molecule has 104 valence electrons. The van der Waals surface area contributed by atoms with Crippen LogP contribution < -0.4 is 0 Å². The molecule has 0 aliphatic rings. The molecule has 20 heavy (non-hydrogen) atoms. The van der Waals surface area contributed by atoms with Crippen LogP contribution in [0.25, 0.3) is 0 Å². The van der Waals surface area contributed by atoms with Crippen molar-refractivity contribution in [1.29, 1.82) is 0 Å². The minimum absolute atomic E-state index is 0.0573. The molecule has 0 aliphatic heterocycles. The van der Waals surface area contributed by atoms with Gasteiger partial charge in [0.05, 0.1) is 5.56 Å². The summed E-state index contributed by atoms with van der Waals surface area (Å²) >= 11 is 12.9. The average Bonchev–Trinajstić information content (AvgIpc) is 2.43. The fraction of sp³-hybridized carbons (Fsp3) is 0.133.